The van der Waals surface area contributed by atoms with Crippen LogP contribution in [-0.2, 0) is 20.8 Å². The number of likely N-dealkylation sites (tertiary alicyclic amines) is 1. The number of nitrogens with zero attached hydrogens (tertiary/aromatic N) is 2. The van der Waals surface area contributed by atoms with Gasteiger partial charge < -0.3 is 18.7 Å². The van der Waals surface area contributed by atoms with Crippen LogP contribution in [0.15, 0.2) is 4.52 Å². The van der Waals surface area contributed by atoms with Gasteiger partial charge in [-0.05, 0) is 39.5 Å². The van der Waals surface area contributed by atoms with Gasteiger partial charge in [0.25, 0.3) is 0 Å². The minimum absolute atomic E-state index is 0.0120. The third-order valence-electron chi connectivity index (χ3n) is 4.72. The number of aromatic nitrogens is 1. The van der Waals surface area contributed by atoms with Crippen LogP contribution in [0.2, 0.25) is 0 Å². The molecule has 2 aliphatic heterocycles. The minimum atomic E-state index is 0.0120. The summed E-state index contributed by atoms with van der Waals surface area (Å²) < 4.78 is 22.6. The van der Waals surface area contributed by atoms with E-state index in [1.165, 1.54) is 6.42 Å². The third kappa shape index (κ3) is 4.76. The van der Waals surface area contributed by atoms with Crippen molar-refractivity contribution in [1.29, 1.82) is 0 Å². The van der Waals surface area contributed by atoms with Crippen LogP contribution in [0.4, 0.5) is 0 Å². The molecule has 0 saturated carbocycles. The molecule has 6 heteroatoms. The zero-order valence-corrected chi connectivity index (χ0v) is 14.3. The molecule has 130 valence electrons. The fourth-order valence-electron chi connectivity index (χ4n) is 3.20. The van der Waals surface area contributed by atoms with E-state index < -0.39 is 0 Å². The summed E-state index contributed by atoms with van der Waals surface area (Å²) >= 11 is 0. The lowest BCUT2D eigenvalue weighted by molar-refractivity contribution is -0.164. The van der Waals surface area contributed by atoms with Gasteiger partial charge >= 0.3 is 0 Å². The van der Waals surface area contributed by atoms with E-state index in [0.717, 1.165) is 69.1 Å². The highest BCUT2D eigenvalue weighted by atomic mass is 16.7. The van der Waals surface area contributed by atoms with Crippen LogP contribution in [0, 0.1) is 13.8 Å². The summed E-state index contributed by atoms with van der Waals surface area (Å²) in [5.41, 5.74) is 2.01. The van der Waals surface area contributed by atoms with Crippen LogP contribution in [0.3, 0.4) is 0 Å². The van der Waals surface area contributed by atoms with E-state index in [9.17, 15) is 0 Å². The highest BCUT2D eigenvalue weighted by molar-refractivity contribution is 5.19. The molecule has 0 radical (unpaired) electrons. The Morgan fingerprint density at radius 3 is 2.87 bits per heavy atom. The first-order valence-corrected chi connectivity index (χ1v) is 8.71. The van der Waals surface area contributed by atoms with Crippen molar-refractivity contribution in [2.75, 3.05) is 32.8 Å². The smallest absolute Gasteiger partial charge is 0.157 e. The summed E-state index contributed by atoms with van der Waals surface area (Å²) in [7, 11) is 0. The Balaban J connectivity index is 1.32. The highest BCUT2D eigenvalue weighted by Gasteiger charge is 2.24. The molecule has 0 amide bonds. The molecule has 0 aromatic carbocycles. The fourth-order valence-corrected chi connectivity index (χ4v) is 3.20. The Bertz CT molecular complexity index is 465. The predicted octanol–water partition coefficient (Wildman–Crippen LogP) is 2.43. The van der Waals surface area contributed by atoms with Gasteiger partial charge in [0.15, 0.2) is 6.29 Å². The molecule has 1 aromatic rings. The normalized spacial score (nSPS) is 26.0. The number of rotatable bonds is 7. The van der Waals surface area contributed by atoms with E-state index in [0.29, 0.717) is 6.61 Å². The first-order chi connectivity index (χ1) is 11.2. The lowest BCUT2D eigenvalue weighted by atomic mass is 10.2. The van der Waals surface area contributed by atoms with Crippen molar-refractivity contribution in [3.63, 3.8) is 0 Å². The first kappa shape index (κ1) is 16.9. The van der Waals surface area contributed by atoms with Gasteiger partial charge in [0, 0.05) is 31.8 Å². The summed E-state index contributed by atoms with van der Waals surface area (Å²) in [6.07, 6.45) is 4.78. The molecule has 1 aromatic heterocycles. The van der Waals surface area contributed by atoms with Gasteiger partial charge in [0.05, 0.1) is 25.0 Å². The Labute approximate surface area is 138 Å². The lowest BCUT2D eigenvalue weighted by Crippen LogP contribution is -2.30. The summed E-state index contributed by atoms with van der Waals surface area (Å²) in [4.78, 5) is 2.40. The van der Waals surface area contributed by atoms with Crippen LogP contribution >= 0.6 is 0 Å². The molecule has 3 heterocycles. The molecule has 2 aliphatic rings. The molecule has 0 bridgehead atoms. The maximum atomic E-state index is 6.03. The maximum absolute atomic E-state index is 6.03. The van der Waals surface area contributed by atoms with Gasteiger partial charge in [-0.3, -0.25) is 4.90 Å². The van der Waals surface area contributed by atoms with Crippen LogP contribution in [0.25, 0.3) is 0 Å². The van der Waals surface area contributed by atoms with Crippen molar-refractivity contribution in [3.8, 4) is 0 Å². The average molecular weight is 324 g/mol. The number of ether oxygens (including phenoxy) is 3. The molecule has 2 atom stereocenters. The third-order valence-corrected chi connectivity index (χ3v) is 4.72. The largest absolute Gasteiger partial charge is 0.372 e. The summed E-state index contributed by atoms with van der Waals surface area (Å²) in [6, 6.07) is 0. The Morgan fingerprint density at radius 1 is 1.22 bits per heavy atom. The van der Waals surface area contributed by atoms with E-state index in [4.69, 9.17) is 18.7 Å². The predicted molar refractivity (Wildman–Crippen MR) is 85.2 cm³/mol. The molecule has 3 rings (SSSR count). The van der Waals surface area contributed by atoms with Crippen molar-refractivity contribution in [2.45, 2.75) is 58.5 Å². The average Bonchev–Trinajstić information content (AvgIpc) is 3.14. The van der Waals surface area contributed by atoms with E-state index in [-0.39, 0.29) is 12.4 Å². The monoisotopic (exact) mass is 324 g/mol. The maximum Gasteiger partial charge on any atom is 0.157 e. The summed E-state index contributed by atoms with van der Waals surface area (Å²) in [5.74, 6) is 0.859. The molecule has 2 fully saturated rings. The number of hydrogen-bond donors (Lipinski definition) is 0. The molecular weight excluding hydrogens is 296 g/mol. The van der Waals surface area contributed by atoms with Crippen LogP contribution in [0.5, 0.6) is 0 Å². The molecule has 0 N–H and O–H groups in total. The van der Waals surface area contributed by atoms with Gasteiger partial charge in [0.1, 0.15) is 5.76 Å². The van der Waals surface area contributed by atoms with Crippen molar-refractivity contribution < 1.29 is 18.7 Å². The van der Waals surface area contributed by atoms with Gasteiger partial charge in [-0.2, -0.15) is 0 Å². The van der Waals surface area contributed by atoms with Crippen LogP contribution < -0.4 is 0 Å². The second-order valence-electron chi connectivity index (χ2n) is 6.49. The Morgan fingerprint density at radius 2 is 2.13 bits per heavy atom. The molecule has 23 heavy (non-hydrogen) atoms. The molecule has 6 nitrogen and oxygen atoms in total. The number of hydrogen-bond acceptors (Lipinski definition) is 6. The molecule has 0 spiro atoms. The summed E-state index contributed by atoms with van der Waals surface area (Å²) in [5, 5.41) is 3.97. The van der Waals surface area contributed by atoms with Gasteiger partial charge in [0.2, 0.25) is 0 Å². The standard InChI is InChI=1S/C17H28N2O4/c1-13-16(14(2)23-18-13)12-22-15-6-7-19(11-15)8-10-21-17-5-3-4-9-20-17/h15,17H,3-12H2,1-2H3/t15-,17-/m0/s1. The zero-order valence-electron chi connectivity index (χ0n) is 14.3. The van der Waals surface area contributed by atoms with E-state index in [2.05, 4.69) is 10.1 Å². The van der Waals surface area contributed by atoms with Gasteiger partial charge in [-0.1, -0.05) is 5.16 Å². The van der Waals surface area contributed by atoms with Gasteiger partial charge in [-0.25, -0.2) is 0 Å². The molecular formula is C17H28N2O4. The topological polar surface area (TPSA) is 57.0 Å². The van der Waals surface area contributed by atoms with Crippen molar-refractivity contribution >= 4 is 0 Å². The van der Waals surface area contributed by atoms with Crippen molar-refractivity contribution in [3.05, 3.63) is 17.0 Å². The highest BCUT2D eigenvalue weighted by Crippen LogP contribution is 2.19. The fraction of sp³-hybridized carbons (Fsp3) is 0.824. The quantitative estimate of drug-likeness (QED) is 0.768. The Hall–Kier alpha value is -0.950. The van der Waals surface area contributed by atoms with Crippen LogP contribution in [-0.4, -0.2) is 55.3 Å². The second-order valence-corrected chi connectivity index (χ2v) is 6.49. The molecule has 2 saturated heterocycles. The van der Waals surface area contributed by atoms with E-state index in [1.54, 1.807) is 0 Å². The SMILES string of the molecule is Cc1noc(C)c1CO[C@H]1CCN(CCO[C@H]2CCCCO2)C1. The lowest BCUT2D eigenvalue weighted by Gasteiger charge is -2.24. The van der Waals surface area contributed by atoms with Crippen molar-refractivity contribution in [2.24, 2.45) is 0 Å². The second kappa shape index (κ2) is 8.24. The minimum Gasteiger partial charge on any atom is -0.372 e. The first-order valence-electron chi connectivity index (χ1n) is 8.71. The molecule has 0 unspecified atom stereocenters. The van der Waals surface area contributed by atoms with Crippen molar-refractivity contribution in [1.82, 2.24) is 10.1 Å². The Kier molecular flexibility index (Phi) is 6.05. The number of aryl methyl sites for hydroxylation is 2. The molecule has 0 aliphatic carbocycles. The van der Waals surface area contributed by atoms with Crippen LogP contribution in [0.1, 0.15) is 42.7 Å². The van der Waals surface area contributed by atoms with E-state index in [1.807, 2.05) is 13.8 Å². The van der Waals surface area contributed by atoms with Gasteiger partial charge in [-0.15, -0.1) is 0 Å². The zero-order chi connectivity index (χ0) is 16.1. The summed E-state index contributed by atoms with van der Waals surface area (Å²) in [6.45, 7) is 9.05. The van der Waals surface area contributed by atoms with E-state index >= 15 is 0 Å².